The van der Waals surface area contributed by atoms with Crippen LogP contribution in [0.1, 0.15) is 11.1 Å². The van der Waals surface area contributed by atoms with Gasteiger partial charge < -0.3 is 0 Å². The molecule has 1 fully saturated rings. The summed E-state index contributed by atoms with van der Waals surface area (Å²) in [4.78, 5) is 27.4. The quantitative estimate of drug-likeness (QED) is 0.263. The lowest BCUT2D eigenvalue weighted by Crippen LogP contribution is -2.27. The van der Waals surface area contributed by atoms with E-state index < -0.39 is 0 Å². The van der Waals surface area contributed by atoms with Crippen molar-refractivity contribution in [1.29, 1.82) is 0 Å². The molecule has 0 bridgehead atoms. The fourth-order valence-corrected chi connectivity index (χ4v) is 4.78. The molecule has 146 valence electrons. The fourth-order valence-electron chi connectivity index (χ4n) is 3.77. The number of benzene rings is 4. The number of amides is 2. The summed E-state index contributed by atoms with van der Waals surface area (Å²) < 4.78 is 0. The Hall–Kier alpha value is -3.08. The van der Waals surface area contributed by atoms with Gasteiger partial charge in [0.15, 0.2) is 0 Å². The summed E-state index contributed by atoms with van der Waals surface area (Å²) in [5.74, 6) is -0.290. The Bertz CT molecular complexity index is 1310. The standard InChI is InChI=1S/C25H16ClNO2S/c26-22-12-6-3-9-18(22)15-27-24(28)23(30-25(27)29)14-21-19-10-4-1-7-16(19)13-17-8-2-5-11-20(17)21/h1-14H,15H2/b23-14-. The van der Waals surface area contributed by atoms with Crippen LogP contribution >= 0.6 is 23.4 Å². The zero-order valence-corrected chi connectivity index (χ0v) is 17.4. The van der Waals surface area contributed by atoms with Gasteiger partial charge >= 0.3 is 0 Å². The van der Waals surface area contributed by atoms with E-state index in [9.17, 15) is 9.59 Å². The molecule has 5 heteroatoms. The Morgan fingerprint density at radius 3 is 2.10 bits per heavy atom. The van der Waals surface area contributed by atoms with Crippen LogP contribution in [0.4, 0.5) is 4.79 Å². The molecule has 0 spiro atoms. The second kappa shape index (κ2) is 7.63. The monoisotopic (exact) mass is 429 g/mol. The van der Waals surface area contributed by atoms with Crippen molar-refractivity contribution in [2.24, 2.45) is 0 Å². The average Bonchev–Trinajstić information content (AvgIpc) is 3.02. The first-order valence-electron chi connectivity index (χ1n) is 9.51. The van der Waals surface area contributed by atoms with E-state index in [1.54, 1.807) is 6.07 Å². The van der Waals surface area contributed by atoms with Gasteiger partial charge in [-0.3, -0.25) is 14.5 Å². The van der Waals surface area contributed by atoms with Crippen LogP contribution in [-0.4, -0.2) is 16.0 Å². The molecule has 1 saturated heterocycles. The summed E-state index contributed by atoms with van der Waals surface area (Å²) in [6.07, 6.45) is 1.85. The maximum Gasteiger partial charge on any atom is 0.293 e. The number of rotatable bonds is 3. The summed E-state index contributed by atoms with van der Waals surface area (Å²) in [6.45, 7) is 0.165. The number of hydrogen-bond acceptors (Lipinski definition) is 3. The SMILES string of the molecule is O=C1S/C(=C\c2c3ccccc3cc3ccccc23)C(=O)N1Cc1ccccc1Cl. The normalized spacial score (nSPS) is 15.6. The minimum atomic E-state index is -0.290. The van der Waals surface area contributed by atoms with Gasteiger partial charge in [-0.15, -0.1) is 0 Å². The van der Waals surface area contributed by atoms with Gasteiger partial charge in [-0.25, -0.2) is 0 Å². The summed E-state index contributed by atoms with van der Waals surface area (Å²) in [7, 11) is 0. The third kappa shape index (κ3) is 3.28. The maximum atomic E-state index is 13.1. The molecule has 0 unspecified atom stereocenters. The zero-order chi connectivity index (χ0) is 20.7. The molecule has 4 aromatic carbocycles. The molecule has 1 heterocycles. The zero-order valence-electron chi connectivity index (χ0n) is 15.8. The molecular formula is C25H16ClNO2S. The Kier molecular flexibility index (Phi) is 4.81. The third-order valence-electron chi connectivity index (χ3n) is 5.25. The number of hydrogen-bond donors (Lipinski definition) is 0. The van der Waals surface area contributed by atoms with Gasteiger partial charge in [0.05, 0.1) is 11.4 Å². The molecule has 2 amide bonds. The first-order valence-corrected chi connectivity index (χ1v) is 10.7. The molecule has 30 heavy (non-hydrogen) atoms. The van der Waals surface area contributed by atoms with Gasteiger partial charge in [0.1, 0.15) is 0 Å². The molecule has 0 saturated carbocycles. The van der Waals surface area contributed by atoms with Crippen molar-refractivity contribution in [3.05, 3.63) is 99.9 Å². The van der Waals surface area contributed by atoms with Crippen molar-refractivity contribution >= 4 is 62.1 Å². The second-order valence-electron chi connectivity index (χ2n) is 7.09. The van der Waals surface area contributed by atoms with E-state index in [0.717, 1.165) is 44.4 Å². The molecule has 0 aromatic heterocycles. The van der Waals surface area contributed by atoms with Gasteiger partial charge in [-0.2, -0.15) is 0 Å². The van der Waals surface area contributed by atoms with Crippen LogP contribution in [0.3, 0.4) is 0 Å². The lowest BCUT2D eigenvalue weighted by Gasteiger charge is -2.13. The van der Waals surface area contributed by atoms with E-state index in [1.165, 1.54) is 4.90 Å². The summed E-state index contributed by atoms with van der Waals surface area (Å²) in [6, 6.07) is 25.6. The van der Waals surface area contributed by atoms with Gasteiger partial charge in [0, 0.05) is 5.02 Å². The topological polar surface area (TPSA) is 37.4 Å². The van der Waals surface area contributed by atoms with Gasteiger partial charge in [-0.1, -0.05) is 78.3 Å². The fraction of sp³-hybridized carbons (Fsp3) is 0.0400. The van der Waals surface area contributed by atoms with Crippen molar-refractivity contribution < 1.29 is 9.59 Å². The number of fused-ring (bicyclic) bond motifs is 2. The summed E-state index contributed by atoms with van der Waals surface area (Å²) in [5, 5.41) is 4.55. The largest absolute Gasteiger partial charge is 0.293 e. The number of nitrogens with zero attached hydrogens (tertiary/aromatic N) is 1. The molecule has 0 N–H and O–H groups in total. The van der Waals surface area contributed by atoms with E-state index in [4.69, 9.17) is 11.6 Å². The highest BCUT2D eigenvalue weighted by Gasteiger charge is 2.35. The van der Waals surface area contributed by atoms with Gasteiger partial charge in [-0.05, 0) is 62.6 Å². The minimum absolute atomic E-state index is 0.165. The van der Waals surface area contributed by atoms with E-state index in [1.807, 2.05) is 60.7 Å². The molecular weight excluding hydrogens is 414 g/mol. The van der Waals surface area contributed by atoms with E-state index in [-0.39, 0.29) is 17.7 Å². The van der Waals surface area contributed by atoms with Crippen molar-refractivity contribution in [1.82, 2.24) is 4.90 Å². The Morgan fingerprint density at radius 1 is 0.833 bits per heavy atom. The first-order chi connectivity index (χ1) is 14.6. The predicted octanol–water partition coefficient (Wildman–Crippen LogP) is 6.88. The van der Waals surface area contributed by atoms with Crippen LogP contribution in [0.15, 0.2) is 83.8 Å². The first kappa shape index (κ1) is 18.9. The van der Waals surface area contributed by atoms with Crippen molar-refractivity contribution in [2.75, 3.05) is 0 Å². The molecule has 0 radical (unpaired) electrons. The summed E-state index contributed by atoms with van der Waals surface area (Å²) in [5.41, 5.74) is 1.70. The number of thioether (sulfide) groups is 1. The molecule has 3 nitrogen and oxygen atoms in total. The molecule has 5 rings (SSSR count). The number of carbonyl (C=O) groups excluding carboxylic acids is 2. The van der Waals surface area contributed by atoms with Crippen molar-refractivity contribution in [3.63, 3.8) is 0 Å². The van der Waals surface area contributed by atoms with Crippen LogP contribution in [0, 0.1) is 0 Å². The lowest BCUT2D eigenvalue weighted by atomic mass is 9.96. The van der Waals surface area contributed by atoms with Gasteiger partial charge in [0.2, 0.25) is 0 Å². The summed E-state index contributed by atoms with van der Waals surface area (Å²) >= 11 is 7.20. The highest BCUT2D eigenvalue weighted by Crippen LogP contribution is 2.37. The minimum Gasteiger partial charge on any atom is -0.268 e. The molecule has 1 aliphatic heterocycles. The van der Waals surface area contributed by atoms with Crippen LogP contribution in [0.5, 0.6) is 0 Å². The number of carbonyl (C=O) groups is 2. The Morgan fingerprint density at radius 2 is 1.43 bits per heavy atom. The van der Waals surface area contributed by atoms with Crippen molar-refractivity contribution in [2.45, 2.75) is 6.54 Å². The lowest BCUT2D eigenvalue weighted by molar-refractivity contribution is -0.123. The predicted molar refractivity (Wildman–Crippen MR) is 124 cm³/mol. The molecule has 0 atom stereocenters. The van der Waals surface area contributed by atoms with E-state index >= 15 is 0 Å². The number of halogens is 1. The Balaban J connectivity index is 1.60. The van der Waals surface area contributed by atoms with Crippen LogP contribution in [-0.2, 0) is 11.3 Å². The maximum absolute atomic E-state index is 13.1. The molecule has 4 aromatic rings. The smallest absolute Gasteiger partial charge is 0.268 e. The van der Waals surface area contributed by atoms with Crippen molar-refractivity contribution in [3.8, 4) is 0 Å². The molecule has 1 aliphatic rings. The van der Waals surface area contributed by atoms with Crippen LogP contribution in [0.2, 0.25) is 5.02 Å². The third-order valence-corrected chi connectivity index (χ3v) is 6.52. The van der Waals surface area contributed by atoms with E-state index in [0.29, 0.717) is 9.93 Å². The number of imide groups is 1. The second-order valence-corrected chi connectivity index (χ2v) is 8.49. The highest BCUT2D eigenvalue weighted by molar-refractivity contribution is 8.18. The average molecular weight is 430 g/mol. The van der Waals surface area contributed by atoms with Crippen LogP contribution < -0.4 is 0 Å². The van der Waals surface area contributed by atoms with Crippen LogP contribution in [0.25, 0.3) is 27.6 Å². The highest BCUT2D eigenvalue weighted by atomic mass is 35.5. The van der Waals surface area contributed by atoms with E-state index in [2.05, 4.69) is 18.2 Å². The van der Waals surface area contributed by atoms with Gasteiger partial charge in [0.25, 0.3) is 11.1 Å². The molecule has 0 aliphatic carbocycles. The Labute approximate surface area is 182 Å².